The molecule has 1 aliphatic rings. The van der Waals surface area contributed by atoms with Crippen molar-refractivity contribution in [2.24, 2.45) is 5.73 Å². The van der Waals surface area contributed by atoms with Gasteiger partial charge in [0.15, 0.2) is 0 Å². The van der Waals surface area contributed by atoms with Gasteiger partial charge in [0.1, 0.15) is 18.1 Å². The number of aromatic nitrogens is 2. The van der Waals surface area contributed by atoms with Gasteiger partial charge in [-0.05, 0) is 38.2 Å². The summed E-state index contributed by atoms with van der Waals surface area (Å²) in [7, 11) is 0. The summed E-state index contributed by atoms with van der Waals surface area (Å²) in [4.78, 5) is 57.4. The Bertz CT molecular complexity index is 774. The van der Waals surface area contributed by atoms with Crippen LogP contribution in [0.3, 0.4) is 0 Å². The summed E-state index contributed by atoms with van der Waals surface area (Å²) >= 11 is 1.52. The third kappa shape index (κ3) is 6.96. The van der Waals surface area contributed by atoms with Gasteiger partial charge in [-0.15, -0.1) is 0 Å². The number of carbonyl (C=O) groups is 4. The Morgan fingerprint density at radius 2 is 2.10 bits per heavy atom. The van der Waals surface area contributed by atoms with Crippen molar-refractivity contribution in [1.29, 1.82) is 0 Å². The first-order valence-corrected chi connectivity index (χ1v) is 11.5. The number of hydrogen-bond donors (Lipinski definition) is 5. The van der Waals surface area contributed by atoms with Crippen molar-refractivity contribution in [3.05, 3.63) is 18.2 Å². The van der Waals surface area contributed by atoms with Gasteiger partial charge in [-0.25, -0.2) is 9.78 Å². The minimum atomic E-state index is -1.05. The third-order valence-corrected chi connectivity index (χ3v) is 5.77. The number of nitrogens with one attached hydrogen (secondary N) is 3. The lowest BCUT2D eigenvalue weighted by Crippen LogP contribution is -2.56. The van der Waals surface area contributed by atoms with E-state index in [1.54, 1.807) is 6.20 Å². The Labute approximate surface area is 184 Å². The Morgan fingerprint density at radius 1 is 1.35 bits per heavy atom. The van der Waals surface area contributed by atoms with Gasteiger partial charge >= 0.3 is 5.97 Å². The van der Waals surface area contributed by atoms with Gasteiger partial charge in [-0.2, -0.15) is 11.8 Å². The van der Waals surface area contributed by atoms with E-state index < -0.39 is 47.9 Å². The molecule has 172 valence electrons. The largest absolute Gasteiger partial charge is 0.480 e. The molecule has 1 aliphatic heterocycles. The van der Waals surface area contributed by atoms with E-state index >= 15 is 0 Å². The fourth-order valence-corrected chi connectivity index (χ4v) is 3.86. The summed E-state index contributed by atoms with van der Waals surface area (Å²) in [6, 6.07) is -3.53. The number of carbonyl (C=O) groups excluding carboxylic acids is 3. The molecule has 4 unspecified atom stereocenters. The molecule has 3 amide bonds. The Hall–Kier alpha value is -2.60. The zero-order valence-corrected chi connectivity index (χ0v) is 18.5. The van der Waals surface area contributed by atoms with Crippen molar-refractivity contribution < 1.29 is 24.3 Å². The second kappa shape index (κ2) is 11.7. The first-order valence-electron chi connectivity index (χ1n) is 10.1. The van der Waals surface area contributed by atoms with Gasteiger partial charge in [0.25, 0.3) is 0 Å². The van der Waals surface area contributed by atoms with Crippen LogP contribution in [-0.2, 0) is 25.6 Å². The molecule has 0 radical (unpaired) electrons. The van der Waals surface area contributed by atoms with Gasteiger partial charge < -0.3 is 31.4 Å². The molecule has 1 saturated heterocycles. The quantitative estimate of drug-likeness (QED) is 0.286. The lowest BCUT2D eigenvalue weighted by Gasteiger charge is -2.28. The summed E-state index contributed by atoms with van der Waals surface area (Å²) in [6.45, 7) is 1.85. The molecule has 11 nitrogen and oxygen atoms in total. The number of carboxylic acids is 1. The molecule has 6 N–H and O–H groups in total. The van der Waals surface area contributed by atoms with E-state index in [0.717, 1.165) is 0 Å². The molecule has 0 aliphatic carbocycles. The average Bonchev–Trinajstić information content (AvgIpc) is 3.42. The fraction of sp³-hybridized carbons (Fsp3) is 0.632. The van der Waals surface area contributed by atoms with Crippen LogP contribution in [0, 0.1) is 0 Å². The molecule has 1 aromatic heterocycles. The predicted octanol–water partition coefficient (Wildman–Crippen LogP) is -0.902. The molecule has 12 heteroatoms. The highest BCUT2D eigenvalue weighted by molar-refractivity contribution is 7.98. The molecule has 0 bridgehead atoms. The molecule has 31 heavy (non-hydrogen) atoms. The Morgan fingerprint density at radius 3 is 2.71 bits per heavy atom. The van der Waals surface area contributed by atoms with Crippen LogP contribution in [0.25, 0.3) is 0 Å². The molecule has 0 spiro atoms. The van der Waals surface area contributed by atoms with E-state index in [2.05, 4.69) is 20.6 Å². The number of hydrogen-bond acceptors (Lipinski definition) is 7. The van der Waals surface area contributed by atoms with Crippen molar-refractivity contribution in [3.63, 3.8) is 0 Å². The van der Waals surface area contributed by atoms with Gasteiger partial charge in [-0.3, -0.25) is 14.4 Å². The number of amides is 3. The van der Waals surface area contributed by atoms with Crippen molar-refractivity contribution in [2.75, 3.05) is 18.6 Å². The molecular weight excluding hydrogens is 424 g/mol. The highest BCUT2D eigenvalue weighted by Crippen LogP contribution is 2.19. The second-order valence-corrected chi connectivity index (χ2v) is 8.47. The van der Waals surface area contributed by atoms with Crippen molar-refractivity contribution in [2.45, 2.75) is 56.8 Å². The SMILES string of the molecule is CSCCC(NC(=O)C(C)NC(=O)C(N)Cc1cnc[nH]1)C(=O)N1CCCC1C(=O)O. The van der Waals surface area contributed by atoms with Crippen LogP contribution >= 0.6 is 11.8 Å². The normalized spacial score (nSPS) is 18.8. The van der Waals surface area contributed by atoms with Gasteiger partial charge in [-0.1, -0.05) is 0 Å². The number of H-pyrrole nitrogens is 1. The minimum Gasteiger partial charge on any atom is -0.480 e. The lowest BCUT2D eigenvalue weighted by atomic mass is 10.1. The van der Waals surface area contributed by atoms with Crippen LogP contribution in [0.4, 0.5) is 0 Å². The van der Waals surface area contributed by atoms with Crippen LogP contribution in [0.5, 0.6) is 0 Å². The van der Waals surface area contributed by atoms with Crippen LogP contribution in [0.1, 0.15) is 31.9 Å². The predicted molar refractivity (Wildman–Crippen MR) is 115 cm³/mol. The monoisotopic (exact) mass is 454 g/mol. The summed E-state index contributed by atoms with van der Waals surface area (Å²) in [6.07, 6.45) is 6.51. The number of rotatable bonds is 11. The zero-order valence-electron chi connectivity index (χ0n) is 17.7. The summed E-state index contributed by atoms with van der Waals surface area (Å²) < 4.78 is 0. The number of carboxylic acid groups (broad SMARTS) is 1. The van der Waals surface area contributed by atoms with Crippen LogP contribution in [0.2, 0.25) is 0 Å². The first-order chi connectivity index (χ1) is 14.7. The van der Waals surface area contributed by atoms with Gasteiger partial charge in [0.05, 0.1) is 12.4 Å². The lowest BCUT2D eigenvalue weighted by molar-refractivity contribution is -0.149. The number of nitrogens with two attached hydrogens (primary N) is 1. The van der Waals surface area contributed by atoms with Gasteiger partial charge in [0, 0.05) is 24.9 Å². The van der Waals surface area contributed by atoms with Crippen molar-refractivity contribution >= 4 is 35.5 Å². The number of imidazole rings is 1. The first kappa shape index (κ1) is 24.7. The molecule has 2 rings (SSSR count). The Balaban J connectivity index is 1.96. The number of nitrogens with zero attached hydrogens (tertiary/aromatic N) is 2. The molecule has 0 saturated carbocycles. The highest BCUT2D eigenvalue weighted by atomic mass is 32.2. The van der Waals surface area contributed by atoms with Crippen molar-refractivity contribution in [1.82, 2.24) is 25.5 Å². The average molecular weight is 455 g/mol. The fourth-order valence-electron chi connectivity index (χ4n) is 3.39. The standard InChI is InChI=1S/C19H30N6O5S/c1-11(23-17(27)13(20)8-12-9-21-10-22-12)16(26)24-14(5-7-31-2)18(28)25-6-3-4-15(25)19(29)30/h9-11,13-15H,3-8,20H2,1-2H3,(H,21,22)(H,23,27)(H,24,26)(H,29,30). The number of likely N-dealkylation sites (tertiary alicyclic amines) is 1. The van der Waals surface area contributed by atoms with Crippen LogP contribution < -0.4 is 16.4 Å². The molecule has 1 aromatic rings. The smallest absolute Gasteiger partial charge is 0.326 e. The summed E-state index contributed by atoms with van der Waals surface area (Å²) in [5.41, 5.74) is 6.58. The summed E-state index contributed by atoms with van der Waals surface area (Å²) in [5.74, 6) is -1.89. The molecule has 2 heterocycles. The summed E-state index contributed by atoms with van der Waals surface area (Å²) in [5, 5.41) is 14.6. The highest BCUT2D eigenvalue weighted by Gasteiger charge is 2.37. The van der Waals surface area contributed by atoms with Crippen LogP contribution in [0.15, 0.2) is 12.5 Å². The van der Waals surface area contributed by atoms with E-state index in [-0.39, 0.29) is 6.42 Å². The van der Waals surface area contributed by atoms with E-state index in [9.17, 15) is 24.3 Å². The van der Waals surface area contributed by atoms with E-state index in [1.807, 2.05) is 6.26 Å². The molecular formula is C19H30N6O5S. The topological polar surface area (TPSA) is 171 Å². The Kier molecular flexibility index (Phi) is 9.31. The molecule has 0 aromatic carbocycles. The van der Waals surface area contributed by atoms with E-state index in [0.29, 0.717) is 37.3 Å². The van der Waals surface area contributed by atoms with E-state index in [4.69, 9.17) is 5.73 Å². The maximum Gasteiger partial charge on any atom is 0.326 e. The second-order valence-electron chi connectivity index (χ2n) is 7.49. The zero-order chi connectivity index (χ0) is 23.0. The van der Waals surface area contributed by atoms with Crippen LogP contribution in [-0.4, -0.2) is 86.4 Å². The number of thioether (sulfide) groups is 1. The molecule has 4 atom stereocenters. The maximum absolute atomic E-state index is 13.0. The molecule has 1 fully saturated rings. The third-order valence-electron chi connectivity index (χ3n) is 5.13. The van der Waals surface area contributed by atoms with Gasteiger partial charge in [0.2, 0.25) is 17.7 Å². The van der Waals surface area contributed by atoms with Crippen molar-refractivity contribution in [3.8, 4) is 0 Å². The number of aromatic amines is 1. The maximum atomic E-state index is 13.0. The minimum absolute atomic E-state index is 0.237. The van der Waals surface area contributed by atoms with E-state index in [1.165, 1.54) is 29.9 Å². The number of aliphatic carboxylic acids is 1.